The van der Waals surface area contributed by atoms with Crippen molar-refractivity contribution in [2.45, 2.75) is 32.4 Å². The quantitative estimate of drug-likeness (QED) is 0.860. The lowest BCUT2D eigenvalue weighted by Crippen LogP contribution is -2.34. The first kappa shape index (κ1) is 16.3. The predicted molar refractivity (Wildman–Crippen MR) is 96.9 cm³/mol. The highest BCUT2D eigenvalue weighted by Gasteiger charge is 2.13. The average Bonchev–Trinajstić information content (AvgIpc) is 3.06. The number of carbonyl (C=O) groups excluding carboxylic acids is 1. The van der Waals surface area contributed by atoms with Gasteiger partial charge in [0.05, 0.1) is 6.33 Å². The number of fused-ring (bicyclic) bond motifs is 1. The second-order valence-corrected chi connectivity index (χ2v) is 6.42. The van der Waals surface area contributed by atoms with Crippen LogP contribution in [-0.4, -0.2) is 35.1 Å². The van der Waals surface area contributed by atoms with Gasteiger partial charge in [0.15, 0.2) is 0 Å². The first-order valence-corrected chi connectivity index (χ1v) is 8.40. The first-order chi connectivity index (χ1) is 11.6. The van der Waals surface area contributed by atoms with E-state index in [4.69, 9.17) is 0 Å². The number of nitrogens with one attached hydrogen (secondary N) is 1. The summed E-state index contributed by atoms with van der Waals surface area (Å²) < 4.78 is 1.95. The topological polar surface area (TPSA) is 50.2 Å². The van der Waals surface area contributed by atoms with Gasteiger partial charge in [-0.2, -0.15) is 0 Å². The maximum absolute atomic E-state index is 12.1. The summed E-state index contributed by atoms with van der Waals surface area (Å²) in [6.45, 7) is 3.81. The molecule has 0 unspecified atom stereocenters. The van der Waals surface area contributed by atoms with Crippen LogP contribution in [0.2, 0.25) is 0 Å². The summed E-state index contributed by atoms with van der Waals surface area (Å²) >= 11 is 0. The molecule has 1 aliphatic heterocycles. The van der Waals surface area contributed by atoms with Gasteiger partial charge in [0.2, 0.25) is 5.91 Å². The van der Waals surface area contributed by atoms with Crippen LogP contribution in [0.25, 0.3) is 6.08 Å². The molecule has 3 rings (SSSR count). The number of imidazole rings is 1. The molecule has 0 aliphatic carbocycles. The van der Waals surface area contributed by atoms with Crippen molar-refractivity contribution < 1.29 is 4.79 Å². The highest BCUT2D eigenvalue weighted by Crippen LogP contribution is 2.27. The summed E-state index contributed by atoms with van der Waals surface area (Å²) in [6, 6.07) is 6.45. The van der Waals surface area contributed by atoms with Crippen molar-refractivity contribution in [3.63, 3.8) is 0 Å². The summed E-state index contributed by atoms with van der Waals surface area (Å²) in [5, 5.41) is 2.98. The highest BCUT2D eigenvalue weighted by molar-refractivity contribution is 5.92. The molecule has 2 aromatic rings. The molecule has 5 nitrogen and oxygen atoms in total. The van der Waals surface area contributed by atoms with Crippen LogP contribution in [0.4, 0.5) is 5.69 Å². The summed E-state index contributed by atoms with van der Waals surface area (Å²) in [5.41, 5.74) is 3.73. The maximum atomic E-state index is 12.1. The summed E-state index contributed by atoms with van der Waals surface area (Å²) in [4.78, 5) is 18.4. The first-order valence-electron chi connectivity index (χ1n) is 8.40. The van der Waals surface area contributed by atoms with Crippen LogP contribution < -0.4 is 10.2 Å². The van der Waals surface area contributed by atoms with E-state index < -0.39 is 0 Å². The molecule has 24 heavy (non-hydrogen) atoms. The Morgan fingerprint density at radius 2 is 2.33 bits per heavy atom. The fraction of sp³-hybridized carbons (Fsp3) is 0.368. The number of benzene rings is 1. The van der Waals surface area contributed by atoms with Crippen molar-refractivity contribution in [1.82, 2.24) is 14.9 Å². The van der Waals surface area contributed by atoms with Crippen molar-refractivity contribution >= 4 is 17.7 Å². The van der Waals surface area contributed by atoms with Crippen LogP contribution in [0.1, 0.15) is 24.5 Å². The van der Waals surface area contributed by atoms with Crippen LogP contribution in [0.15, 0.2) is 43.0 Å². The summed E-state index contributed by atoms with van der Waals surface area (Å²) in [6.07, 6.45) is 11.2. The van der Waals surface area contributed by atoms with E-state index in [1.807, 2.05) is 23.8 Å². The molecule has 0 spiro atoms. The van der Waals surface area contributed by atoms with Crippen molar-refractivity contribution in [1.29, 1.82) is 0 Å². The lowest BCUT2D eigenvalue weighted by atomic mass is 9.99. The van der Waals surface area contributed by atoms with Crippen LogP contribution in [0.5, 0.6) is 0 Å². The van der Waals surface area contributed by atoms with Crippen LogP contribution in [-0.2, 0) is 17.8 Å². The molecule has 0 bridgehead atoms. The second kappa shape index (κ2) is 7.34. The van der Waals surface area contributed by atoms with Crippen LogP contribution >= 0.6 is 0 Å². The smallest absolute Gasteiger partial charge is 0.244 e. The van der Waals surface area contributed by atoms with E-state index >= 15 is 0 Å². The van der Waals surface area contributed by atoms with E-state index in [-0.39, 0.29) is 11.9 Å². The molecule has 1 aromatic heterocycles. The van der Waals surface area contributed by atoms with Crippen LogP contribution in [0.3, 0.4) is 0 Å². The SMILES string of the molecule is C[C@H](Cn1ccnc1)NC(=O)/C=C\c1ccc2c(c1)CCCN2C. The third-order valence-corrected chi connectivity index (χ3v) is 4.31. The maximum Gasteiger partial charge on any atom is 0.244 e. The number of carbonyl (C=O) groups is 1. The Bertz CT molecular complexity index is 721. The van der Waals surface area contributed by atoms with Gasteiger partial charge in [0.1, 0.15) is 0 Å². The Balaban J connectivity index is 1.58. The van der Waals surface area contributed by atoms with E-state index in [9.17, 15) is 4.79 Å². The van der Waals surface area contributed by atoms with Gasteiger partial charge in [0, 0.05) is 50.3 Å². The van der Waals surface area contributed by atoms with Crippen molar-refractivity contribution in [3.8, 4) is 0 Å². The van der Waals surface area contributed by atoms with E-state index in [1.165, 1.54) is 17.7 Å². The zero-order valence-corrected chi connectivity index (χ0v) is 14.3. The minimum atomic E-state index is -0.0718. The lowest BCUT2D eigenvalue weighted by Gasteiger charge is -2.27. The van der Waals surface area contributed by atoms with E-state index in [2.05, 4.69) is 40.4 Å². The van der Waals surface area contributed by atoms with Gasteiger partial charge in [-0.25, -0.2) is 4.98 Å². The normalized spacial score (nSPS) is 15.3. The number of anilines is 1. The number of aromatic nitrogens is 2. The molecule has 2 heterocycles. The zero-order valence-electron chi connectivity index (χ0n) is 14.3. The molecule has 126 valence electrons. The molecule has 0 fully saturated rings. The number of aryl methyl sites for hydroxylation is 1. The molecule has 1 aliphatic rings. The molecule has 1 amide bonds. The Kier molecular flexibility index (Phi) is 4.99. The van der Waals surface area contributed by atoms with Crippen molar-refractivity contribution in [2.75, 3.05) is 18.5 Å². The average molecular weight is 324 g/mol. The fourth-order valence-corrected chi connectivity index (χ4v) is 3.13. The summed E-state index contributed by atoms with van der Waals surface area (Å²) in [7, 11) is 2.13. The molecule has 1 atom stereocenters. The van der Waals surface area contributed by atoms with Gasteiger partial charge in [-0.15, -0.1) is 0 Å². The monoisotopic (exact) mass is 324 g/mol. The number of amides is 1. The third-order valence-electron chi connectivity index (χ3n) is 4.31. The Morgan fingerprint density at radius 3 is 3.12 bits per heavy atom. The van der Waals surface area contributed by atoms with Gasteiger partial charge >= 0.3 is 0 Å². The van der Waals surface area contributed by atoms with E-state index in [1.54, 1.807) is 18.6 Å². The lowest BCUT2D eigenvalue weighted by molar-refractivity contribution is -0.117. The summed E-state index contributed by atoms with van der Waals surface area (Å²) in [5.74, 6) is -0.0718. The molecule has 0 saturated carbocycles. The van der Waals surface area contributed by atoms with Gasteiger partial charge in [-0.1, -0.05) is 6.07 Å². The van der Waals surface area contributed by atoms with Gasteiger partial charge < -0.3 is 14.8 Å². The van der Waals surface area contributed by atoms with E-state index in [0.717, 1.165) is 18.5 Å². The number of nitrogens with zero attached hydrogens (tertiary/aromatic N) is 3. The van der Waals surface area contributed by atoms with Gasteiger partial charge in [-0.05, 0) is 49.1 Å². The second-order valence-electron chi connectivity index (χ2n) is 6.42. The van der Waals surface area contributed by atoms with Crippen LogP contribution in [0, 0.1) is 0 Å². The Labute approximate surface area is 143 Å². The van der Waals surface area contributed by atoms with Gasteiger partial charge in [0.25, 0.3) is 0 Å². The Hall–Kier alpha value is -2.56. The minimum Gasteiger partial charge on any atom is -0.374 e. The standard InChI is InChI=1S/C19H24N4O/c1-15(13-23-11-9-20-14-23)21-19(24)8-6-16-5-7-18-17(12-16)4-3-10-22(18)2/h5-9,11-12,14-15H,3-4,10,13H2,1-2H3,(H,21,24)/b8-6-/t15-/m1/s1. The van der Waals surface area contributed by atoms with Crippen molar-refractivity contribution in [3.05, 3.63) is 54.1 Å². The largest absolute Gasteiger partial charge is 0.374 e. The molecule has 0 radical (unpaired) electrons. The molecular weight excluding hydrogens is 300 g/mol. The molecular formula is C19H24N4O. The van der Waals surface area contributed by atoms with E-state index in [0.29, 0.717) is 6.54 Å². The number of rotatable bonds is 5. The fourth-order valence-electron chi connectivity index (χ4n) is 3.13. The Morgan fingerprint density at radius 1 is 1.46 bits per heavy atom. The number of hydrogen-bond donors (Lipinski definition) is 1. The highest BCUT2D eigenvalue weighted by atomic mass is 16.1. The molecule has 0 saturated heterocycles. The van der Waals surface area contributed by atoms with Gasteiger partial charge in [-0.3, -0.25) is 4.79 Å². The van der Waals surface area contributed by atoms with Crippen molar-refractivity contribution in [2.24, 2.45) is 0 Å². The zero-order chi connectivity index (χ0) is 16.9. The molecule has 5 heteroatoms. The molecule has 1 aromatic carbocycles. The minimum absolute atomic E-state index is 0.0496. The number of hydrogen-bond acceptors (Lipinski definition) is 3. The third kappa shape index (κ3) is 4.04. The predicted octanol–water partition coefficient (Wildman–Crippen LogP) is 2.48. The molecule has 1 N–H and O–H groups in total.